The van der Waals surface area contributed by atoms with Gasteiger partial charge >= 0.3 is 0 Å². The maximum Gasteiger partial charge on any atom is 0.247 e. The molecule has 0 spiro atoms. The Morgan fingerprint density at radius 1 is 0.906 bits per heavy atom. The molecule has 1 aliphatic rings. The van der Waals surface area contributed by atoms with Gasteiger partial charge in [-0.05, 0) is 85.7 Å². The molecule has 3 aromatic carbocycles. The Balaban J connectivity index is 1.38. The molecule has 4 rings (SSSR count). The molecular weight excluding hydrogens is 438 g/mol. The summed E-state index contributed by atoms with van der Waals surface area (Å²) in [4.78, 5) is 27.8. The largest absolute Gasteiger partial charge is 0.332 e. The molecule has 2 amide bonds. The lowest BCUT2D eigenvalue weighted by atomic mass is 10.1. The van der Waals surface area contributed by atoms with Crippen LogP contribution in [0.4, 0.5) is 17.1 Å². The van der Waals surface area contributed by atoms with E-state index in [-0.39, 0.29) is 18.2 Å². The minimum absolute atomic E-state index is 0.161. The summed E-state index contributed by atoms with van der Waals surface area (Å²) in [5.74, 6) is -0.329. The zero-order chi connectivity index (χ0) is 22.7. The average Bonchev–Trinajstić information content (AvgIpc) is 3.05. The highest BCUT2D eigenvalue weighted by Crippen LogP contribution is 2.34. The van der Waals surface area contributed by atoms with Gasteiger partial charge in [0.05, 0.1) is 10.9 Å². The summed E-state index contributed by atoms with van der Waals surface area (Å²) in [6, 6.07) is 23.0. The van der Waals surface area contributed by atoms with Crippen LogP contribution >= 0.6 is 24.0 Å². The molecule has 0 aromatic heterocycles. The molecule has 0 bridgehead atoms. The number of aryl methyl sites for hydroxylation is 2. The first-order valence-electron chi connectivity index (χ1n) is 10.2. The molecule has 1 fully saturated rings. The van der Waals surface area contributed by atoms with Gasteiger partial charge < -0.3 is 10.6 Å². The third-order valence-corrected chi connectivity index (χ3v) is 6.68. The van der Waals surface area contributed by atoms with Crippen LogP contribution in [0.1, 0.15) is 17.5 Å². The number of nitrogens with one attached hydrogen (secondary N) is 2. The summed E-state index contributed by atoms with van der Waals surface area (Å²) in [5, 5.41) is 6.35. The number of carbonyl (C=O) groups excluding carboxylic acids is 2. The van der Waals surface area contributed by atoms with E-state index in [1.165, 1.54) is 16.7 Å². The van der Waals surface area contributed by atoms with Gasteiger partial charge in [-0.1, -0.05) is 24.3 Å². The van der Waals surface area contributed by atoms with Crippen molar-refractivity contribution in [1.29, 1.82) is 0 Å². The number of carbonyl (C=O) groups is 2. The number of hydrogen-bond donors (Lipinski definition) is 2. The summed E-state index contributed by atoms with van der Waals surface area (Å²) >= 11 is 6.77. The third kappa shape index (κ3) is 5.00. The average molecular weight is 462 g/mol. The number of hydrogen-bond acceptors (Lipinski definition) is 4. The van der Waals surface area contributed by atoms with Crippen LogP contribution in [0.3, 0.4) is 0 Å². The zero-order valence-electron chi connectivity index (χ0n) is 17.8. The minimum atomic E-state index is -0.427. The summed E-state index contributed by atoms with van der Waals surface area (Å²) in [6.07, 6.45) is 0.196. The van der Waals surface area contributed by atoms with Crippen LogP contribution in [-0.4, -0.2) is 22.2 Å². The highest BCUT2D eigenvalue weighted by atomic mass is 32.2. The topological polar surface area (TPSA) is 61.4 Å². The Labute approximate surface area is 197 Å². The van der Waals surface area contributed by atoms with Gasteiger partial charge in [-0.2, -0.15) is 0 Å². The molecule has 0 aliphatic carbocycles. The molecule has 1 aliphatic heterocycles. The second-order valence-electron chi connectivity index (χ2n) is 7.62. The highest BCUT2D eigenvalue weighted by Gasteiger charge is 2.40. The monoisotopic (exact) mass is 461 g/mol. The molecule has 162 valence electrons. The molecule has 0 radical (unpaired) electrons. The molecule has 2 N–H and O–H groups in total. The fraction of sp³-hybridized carbons (Fsp3) is 0.160. The number of para-hydroxylation sites is 1. The predicted molar refractivity (Wildman–Crippen MR) is 135 cm³/mol. The van der Waals surface area contributed by atoms with Gasteiger partial charge in [0.2, 0.25) is 11.8 Å². The molecule has 1 saturated heterocycles. The highest BCUT2D eigenvalue weighted by molar-refractivity contribution is 8.00. The van der Waals surface area contributed by atoms with Crippen LogP contribution in [0.2, 0.25) is 0 Å². The number of thiocarbonyl (C=S) groups is 1. The Bertz CT molecular complexity index is 1160. The van der Waals surface area contributed by atoms with Gasteiger partial charge in [0.15, 0.2) is 5.11 Å². The first-order valence-corrected chi connectivity index (χ1v) is 11.5. The lowest BCUT2D eigenvalue weighted by molar-refractivity contribution is -0.121. The Morgan fingerprint density at radius 2 is 1.56 bits per heavy atom. The van der Waals surface area contributed by atoms with E-state index in [1.807, 2.05) is 86.6 Å². The molecule has 1 heterocycles. The van der Waals surface area contributed by atoms with Crippen LogP contribution in [0.15, 0.2) is 77.7 Å². The van der Waals surface area contributed by atoms with Gasteiger partial charge in [0.25, 0.3) is 0 Å². The molecule has 0 unspecified atom stereocenters. The van der Waals surface area contributed by atoms with Crippen LogP contribution in [0.5, 0.6) is 0 Å². The minimum Gasteiger partial charge on any atom is -0.332 e. The maximum atomic E-state index is 12.9. The molecule has 32 heavy (non-hydrogen) atoms. The number of anilines is 3. The van der Waals surface area contributed by atoms with Crippen molar-refractivity contribution in [2.45, 2.75) is 30.4 Å². The fourth-order valence-electron chi connectivity index (χ4n) is 3.43. The second kappa shape index (κ2) is 9.54. The number of thioether (sulfide) groups is 1. The van der Waals surface area contributed by atoms with E-state index in [4.69, 9.17) is 12.2 Å². The number of nitrogens with zero attached hydrogens (tertiary/aromatic N) is 1. The van der Waals surface area contributed by atoms with E-state index < -0.39 is 5.25 Å². The normalized spacial score (nSPS) is 15.7. The third-order valence-electron chi connectivity index (χ3n) is 5.28. The Kier molecular flexibility index (Phi) is 6.58. The van der Waals surface area contributed by atoms with Crippen LogP contribution in [-0.2, 0) is 9.59 Å². The maximum absolute atomic E-state index is 12.9. The number of imide groups is 1. The Hall–Kier alpha value is -3.16. The number of amides is 2. The van der Waals surface area contributed by atoms with E-state index in [9.17, 15) is 9.59 Å². The Morgan fingerprint density at radius 3 is 2.22 bits per heavy atom. The number of rotatable bonds is 5. The standard InChI is InChI=1S/C25H23N3O2S2/c1-16-8-11-20(14-17(16)2)28-23(29)15-22(24(28)30)32-21-12-9-19(10-13-21)27-25(31)26-18-6-4-3-5-7-18/h3-14,22H,15H2,1-2H3,(H2,26,27,31)/t22-/m1/s1. The predicted octanol–water partition coefficient (Wildman–Crippen LogP) is 5.54. The smallest absolute Gasteiger partial charge is 0.247 e. The summed E-state index contributed by atoms with van der Waals surface area (Å²) in [5.41, 5.74) is 4.58. The molecular formula is C25H23N3O2S2. The van der Waals surface area contributed by atoms with Gasteiger partial charge in [0, 0.05) is 22.7 Å². The van der Waals surface area contributed by atoms with Crippen molar-refractivity contribution in [3.05, 3.63) is 83.9 Å². The second-order valence-corrected chi connectivity index (χ2v) is 9.30. The lowest BCUT2D eigenvalue weighted by Gasteiger charge is -2.16. The lowest BCUT2D eigenvalue weighted by Crippen LogP contribution is -2.31. The first kappa shape index (κ1) is 22.0. The van der Waals surface area contributed by atoms with E-state index >= 15 is 0 Å². The van der Waals surface area contributed by atoms with Crippen molar-refractivity contribution in [1.82, 2.24) is 0 Å². The molecule has 7 heteroatoms. The van der Waals surface area contributed by atoms with Gasteiger partial charge in [-0.3, -0.25) is 9.59 Å². The fourth-order valence-corrected chi connectivity index (χ4v) is 4.72. The summed E-state index contributed by atoms with van der Waals surface area (Å²) < 4.78 is 0. The van der Waals surface area contributed by atoms with Crippen molar-refractivity contribution < 1.29 is 9.59 Å². The molecule has 1 atom stereocenters. The van der Waals surface area contributed by atoms with Crippen LogP contribution in [0, 0.1) is 13.8 Å². The zero-order valence-corrected chi connectivity index (χ0v) is 19.4. The van der Waals surface area contributed by atoms with Crippen molar-refractivity contribution in [3.63, 3.8) is 0 Å². The van der Waals surface area contributed by atoms with Gasteiger partial charge in [0.1, 0.15) is 0 Å². The van der Waals surface area contributed by atoms with Crippen LogP contribution in [0.25, 0.3) is 0 Å². The summed E-state index contributed by atoms with van der Waals surface area (Å²) in [7, 11) is 0. The van der Waals surface area contributed by atoms with E-state index in [0.717, 1.165) is 27.4 Å². The van der Waals surface area contributed by atoms with E-state index in [0.29, 0.717) is 10.8 Å². The van der Waals surface area contributed by atoms with Crippen molar-refractivity contribution in [2.24, 2.45) is 0 Å². The van der Waals surface area contributed by atoms with Crippen LogP contribution < -0.4 is 15.5 Å². The summed E-state index contributed by atoms with van der Waals surface area (Å²) in [6.45, 7) is 3.99. The van der Waals surface area contributed by atoms with E-state index in [2.05, 4.69) is 10.6 Å². The molecule has 3 aromatic rings. The van der Waals surface area contributed by atoms with Gasteiger partial charge in [-0.25, -0.2) is 4.90 Å². The quantitative estimate of drug-likeness (QED) is 0.384. The first-order chi connectivity index (χ1) is 15.4. The van der Waals surface area contributed by atoms with E-state index in [1.54, 1.807) is 0 Å². The molecule has 0 saturated carbocycles. The van der Waals surface area contributed by atoms with Crippen molar-refractivity contribution in [2.75, 3.05) is 15.5 Å². The number of benzene rings is 3. The van der Waals surface area contributed by atoms with Crippen molar-refractivity contribution in [3.8, 4) is 0 Å². The molecule has 5 nitrogen and oxygen atoms in total. The van der Waals surface area contributed by atoms with Crippen molar-refractivity contribution >= 4 is 58.0 Å². The van der Waals surface area contributed by atoms with Gasteiger partial charge in [-0.15, -0.1) is 11.8 Å². The SMILES string of the molecule is Cc1ccc(N2C(=O)C[C@@H](Sc3ccc(NC(=S)Nc4ccccc4)cc3)C2=O)cc1C.